The summed E-state index contributed by atoms with van der Waals surface area (Å²) in [6, 6.07) is 10.6. The predicted octanol–water partition coefficient (Wildman–Crippen LogP) is 3.74. The number of hydrogen-bond acceptors (Lipinski definition) is 4. The highest BCUT2D eigenvalue weighted by atomic mass is 79.9. The Morgan fingerprint density at radius 1 is 1.14 bits per heavy atom. The normalized spacial score (nSPS) is 15.6. The number of anilines is 1. The lowest BCUT2D eigenvalue weighted by atomic mass is 10.1. The van der Waals surface area contributed by atoms with Gasteiger partial charge in [-0.05, 0) is 54.8 Å². The Hall–Kier alpha value is -2.00. The molecule has 2 aromatic rings. The molecular formula is C21H23BrN2O4S. The van der Waals surface area contributed by atoms with Crippen LogP contribution in [0.2, 0.25) is 0 Å². The number of sulfonamides is 1. The number of carbonyl (C=O) groups excluding carboxylic acids is 1. The molecule has 1 aliphatic rings. The summed E-state index contributed by atoms with van der Waals surface area (Å²) in [5.74, 6) is -0.332. The topological polar surface area (TPSA) is 75.7 Å². The molecule has 0 saturated carbocycles. The van der Waals surface area contributed by atoms with Gasteiger partial charge in [0.15, 0.2) is 0 Å². The summed E-state index contributed by atoms with van der Waals surface area (Å²) in [6.07, 6.45) is 3.14. The van der Waals surface area contributed by atoms with E-state index in [0.717, 1.165) is 21.2 Å². The number of rotatable bonds is 5. The molecule has 0 aromatic heterocycles. The van der Waals surface area contributed by atoms with Crippen LogP contribution >= 0.6 is 15.9 Å². The Bertz CT molecular complexity index is 1040. The van der Waals surface area contributed by atoms with Gasteiger partial charge in [-0.1, -0.05) is 34.1 Å². The van der Waals surface area contributed by atoms with Gasteiger partial charge in [-0.2, -0.15) is 4.31 Å². The monoisotopic (exact) mass is 478 g/mol. The summed E-state index contributed by atoms with van der Waals surface area (Å²) >= 11 is 3.48. The predicted molar refractivity (Wildman–Crippen MR) is 117 cm³/mol. The average molecular weight is 479 g/mol. The summed E-state index contributed by atoms with van der Waals surface area (Å²) in [4.78, 5) is 12.5. The molecule has 1 aliphatic heterocycles. The minimum atomic E-state index is -3.62. The maximum absolute atomic E-state index is 12.9. The molecule has 3 rings (SSSR count). The standard InChI is InChI=1S/C21H23BrN2O4S/c1-15-3-5-17(19(22)13-15)6-8-21(25)23-20-14-18(7-4-16(20)2)29(26,27)24-9-11-28-12-10-24/h3-8,13-14H,9-12H2,1-2H3,(H,23,25)/b8-6+. The lowest BCUT2D eigenvalue weighted by molar-refractivity contribution is -0.111. The van der Waals surface area contributed by atoms with Crippen molar-refractivity contribution in [3.63, 3.8) is 0 Å². The lowest BCUT2D eigenvalue weighted by Gasteiger charge is -2.26. The number of benzene rings is 2. The van der Waals surface area contributed by atoms with Crippen LogP contribution < -0.4 is 5.32 Å². The second kappa shape index (κ2) is 9.21. The summed E-state index contributed by atoms with van der Waals surface area (Å²) < 4.78 is 33.2. The first kappa shape index (κ1) is 21.7. The summed E-state index contributed by atoms with van der Waals surface area (Å²) in [5, 5.41) is 2.78. The fourth-order valence-electron chi connectivity index (χ4n) is 2.94. The van der Waals surface area contributed by atoms with Gasteiger partial charge in [0.2, 0.25) is 15.9 Å². The van der Waals surface area contributed by atoms with Crippen LogP contribution in [0.25, 0.3) is 6.08 Å². The Morgan fingerprint density at radius 2 is 1.86 bits per heavy atom. The Morgan fingerprint density at radius 3 is 2.55 bits per heavy atom. The highest BCUT2D eigenvalue weighted by Crippen LogP contribution is 2.24. The smallest absolute Gasteiger partial charge is 0.248 e. The van der Waals surface area contributed by atoms with E-state index in [4.69, 9.17) is 4.74 Å². The van der Waals surface area contributed by atoms with E-state index in [1.165, 1.54) is 16.4 Å². The number of hydrogen-bond donors (Lipinski definition) is 1. The van der Waals surface area contributed by atoms with Gasteiger partial charge in [0.25, 0.3) is 0 Å². The maximum Gasteiger partial charge on any atom is 0.248 e. The van der Waals surface area contributed by atoms with Crippen LogP contribution in [-0.4, -0.2) is 44.9 Å². The van der Waals surface area contributed by atoms with E-state index in [1.807, 2.05) is 32.0 Å². The van der Waals surface area contributed by atoms with Crippen LogP contribution in [0.3, 0.4) is 0 Å². The molecule has 1 N–H and O–H groups in total. The maximum atomic E-state index is 12.9. The van der Waals surface area contributed by atoms with Gasteiger partial charge in [0.05, 0.1) is 18.1 Å². The number of amides is 1. The van der Waals surface area contributed by atoms with Crippen molar-refractivity contribution in [3.8, 4) is 0 Å². The van der Waals surface area contributed by atoms with Crippen molar-refractivity contribution >= 4 is 43.6 Å². The van der Waals surface area contributed by atoms with Crippen LogP contribution in [0.15, 0.2) is 51.8 Å². The highest BCUT2D eigenvalue weighted by molar-refractivity contribution is 9.10. The molecule has 0 bridgehead atoms. The van der Waals surface area contributed by atoms with E-state index < -0.39 is 10.0 Å². The molecule has 1 saturated heterocycles. The van der Waals surface area contributed by atoms with E-state index in [0.29, 0.717) is 32.0 Å². The van der Waals surface area contributed by atoms with Crippen molar-refractivity contribution in [3.05, 3.63) is 63.6 Å². The van der Waals surface area contributed by atoms with Crippen molar-refractivity contribution in [2.24, 2.45) is 0 Å². The van der Waals surface area contributed by atoms with Crippen molar-refractivity contribution < 1.29 is 17.9 Å². The molecule has 0 aliphatic carbocycles. The van der Waals surface area contributed by atoms with Gasteiger partial charge in [0.1, 0.15) is 0 Å². The number of halogens is 1. The van der Waals surface area contributed by atoms with Crippen molar-refractivity contribution in [2.75, 3.05) is 31.6 Å². The molecule has 1 amide bonds. The first-order chi connectivity index (χ1) is 13.8. The van der Waals surface area contributed by atoms with E-state index in [9.17, 15) is 13.2 Å². The van der Waals surface area contributed by atoms with Crippen LogP contribution in [-0.2, 0) is 19.6 Å². The van der Waals surface area contributed by atoms with Crippen molar-refractivity contribution in [1.82, 2.24) is 4.31 Å². The molecule has 0 unspecified atom stereocenters. The Kier molecular flexibility index (Phi) is 6.89. The van der Waals surface area contributed by atoms with Gasteiger partial charge >= 0.3 is 0 Å². The fraction of sp³-hybridized carbons (Fsp3) is 0.286. The van der Waals surface area contributed by atoms with E-state index >= 15 is 0 Å². The van der Waals surface area contributed by atoms with Crippen LogP contribution in [0, 0.1) is 13.8 Å². The van der Waals surface area contributed by atoms with Crippen LogP contribution in [0.1, 0.15) is 16.7 Å². The summed E-state index contributed by atoms with van der Waals surface area (Å²) in [7, 11) is -3.62. The van der Waals surface area contributed by atoms with Crippen molar-refractivity contribution in [1.29, 1.82) is 0 Å². The Labute approximate surface area is 179 Å². The molecular weight excluding hydrogens is 456 g/mol. The minimum absolute atomic E-state index is 0.158. The molecule has 29 heavy (non-hydrogen) atoms. The van der Waals surface area contributed by atoms with Gasteiger partial charge < -0.3 is 10.1 Å². The van der Waals surface area contributed by atoms with Gasteiger partial charge in [-0.15, -0.1) is 0 Å². The van der Waals surface area contributed by atoms with Gasteiger partial charge in [-0.25, -0.2) is 8.42 Å². The summed E-state index contributed by atoms with van der Waals surface area (Å²) in [5.41, 5.74) is 3.25. The van der Waals surface area contributed by atoms with E-state index in [1.54, 1.807) is 18.2 Å². The second-order valence-corrected chi connectivity index (χ2v) is 9.63. The SMILES string of the molecule is Cc1ccc(/C=C/C(=O)Nc2cc(S(=O)(=O)N3CCOCC3)ccc2C)c(Br)c1. The largest absolute Gasteiger partial charge is 0.379 e. The quantitative estimate of drug-likeness (QED) is 0.664. The number of nitrogens with zero attached hydrogens (tertiary/aromatic N) is 1. The summed E-state index contributed by atoms with van der Waals surface area (Å²) in [6.45, 7) is 5.23. The number of nitrogens with one attached hydrogen (secondary N) is 1. The lowest BCUT2D eigenvalue weighted by Crippen LogP contribution is -2.40. The van der Waals surface area contributed by atoms with E-state index in [2.05, 4.69) is 21.2 Å². The molecule has 1 heterocycles. The zero-order valence-electron chi connectivity index (χ0n) is 16.3. The molecule has 0 atom stereocenters. The zero-order valence-corrected chi connectivity index (χ0v) is 18.7. The minimum Gasteiger partial charge on any atom is -0.379 e. The van der Waals surface area contributed by atoms with Crippen LogP contribution in [0.5, 0.6) is 0 Å². The number of morpholine rings is 1. The second-order valence-electron chi connectivity index (χ2n) is 6.84. The molecule has 154 valence electrons. The third-order valence-corrected chi connectivity index (χ3v) is 7.23. The highest BCUT2D eigenvalue weighted by Gasteiger charge is 2.26. The molecule has 0 radical (unpaired) electrons. The average Bonchev–Trinajstić information content (AvgIpc) is 2.69. The van der Waals surface area contributed by atoms with Gasteiger partial charge in [0, 0.05) is 29.3 Å². The number of ether oxygens (including phenoxy) is 1. The van der Waals surface area contributed by atoms with E-state index in [-0.39, 0.29) is 10.8 Å². The van der Waals surface area contributed by atoms with Crippen molar-refractivity contribution in [2.45, 2.75) is 18.7 Å². The molecule has 8 heteroatoms. The zero-order chi connectivity index (χ0) is 21.0. The van der Waals surface area contributed by atoms with Gasteiger partial charge in [-0.3, -0.25) is 4.79 Å². The molecule has 1 fully saturated rings. The number of aryl methyl sites for hydroxylation is 2. The molecule has 0 spiro atoms. The first-order valence-corrected chi connectivity index (χ1v) is 11.4. The fourth-order valence-corrected chi connectivity index (χ4v) is 5.00. The molecule has 6 nitrogen and oxygen atoms in total. The number of carbonyl (C=O) groups is 1. The Balaban J connectivity index is 1.77. The third kappa shape index (κ3) is 5.33. The third-order valence-electron chi connectivity index (χ3n) is 4.64. The first-order valence-electron chi connectivity index (χ1n) is 9.21. The molecule has 2 aromatic carbocycles. The van der Waals surface area contributed by atoms with Crippen LogP contribution in [0.4, 0.5) is 5.69 Å².